The summed E-state index contributed by atoms with van der Waals surface area (Å²) in [6.07, 6.45) is 3.83. The van der Waals surface area contributed by atoms with Gasteiger partial charge >= 0.3 is 0 Å². The minimum absolute atomic E-state index is 0.164. The highest BCUT2D eigenvalue weighted by Gasteiger charge is 2.34. The maximum Gasteiger partial charge on any atom is 0.161 e. The fourth-order valence-electron chi connectivity index (χ4n) is 4.61. The molecule has 0 unspecified atom stereocenters. The van der Waals surface area contributed by atoms with Crippen molar-refractivity contribution in [2.75, 3.05) is 46.6 Å². The Labute approximate surface area is 219 Å². The average Bonchev–Trinajstić information content (AvgIpc) is 3.18. The molecule has 4 rings (SSSR count). The number of benzene rings is 2. The van der Waals surface area contributed by atoms with E-state index in [-0.39, 0.29) is 13.2 Å². The number of methoxy groups -OCH3 is 1. The molecular formula is C29H39N3O5. The molecule has 0 spiro atoms. The van der Waals surface area contributed by atoms with Gasteiger partial charge in [0.05, 0.1) is 33.1 Å². The lowest BCUT2D eigenvalue weighted by Gasteiger charge is -2.31. The molecule has 0 saturated carbocycles. The van der Waals surface area contributed by atoms with E-state index in [1.807, 2.05) is 55.2 Å². The van der Waals surface area contributed by atoms with Gasteiger partial charge in [-0.05, 0) is 73.7 Å². The Kier molecular flexibility index (Phi) is 8.74. The smallest absolute Gasteiger partial charge is 0.161 e. The van der Waals surface area contributed by atoms with E-state index >= 15 is 0 Å². The van der Waals surface area contributed by atoms with Gasteiger partial charge in [0.25, 0.3) is 0 Å². The van der Waals surface area contributed by atoms with Crippen molar-refractivity contribution in [2.24, 2.45) is 0 Å². The molecule has 0 aliphatic carbocycles. The largest absolute Gasteiger partial charge is 0.493 e. The lowest BCUT2D eigenvalue weighted by atomic mass is 10.0. The monoisotopic (exact) mass is 509 g/mol. The standard InChI is InChI=1S/C29H39N3O5/c1-21-12-23(3)24(4)27(13-21)37-20-29(33)18-31(8-10-35-19-29)17-25-6-7-26(34-5)28(14-25)36-11-9-32-16-22(2)15-30-32/h6-7,12-16,33H,8-11,17-20H2,1-5H3/t29-/m1/s1. The van der Waals surface area contributed by atoms with Gasteiger partial charge in [-0.3, -0.25) is 9.58 Å². The summed E-state index contributed by atoms with van der Waals surface area (Å²) < 4.78 is 25.3. The minimum atomic E-state index is -1.12. The van der Waals surface area contributed by atoms with Crippen molar-refractivity contribution >= 4 is 0 Å². The molecule has 8 nitrogen and oxygen atoms in total. The third-order valence-electron chi connectivity index (χ3n) is 6.68. The first-order valence-electron chi connectivity index (χ1n) is 12.8. The van der Waals surface area contributed by atoms with Crippen molar-refractivity contribution in [1.29, 1.82) is 0 Å². The topological polar surface area (TPSA) is 78.2 Å². The Morgan fingerprint density at radius 2 is 1.86 bits per heavy atom. The van der Waals surface area contributed by atoms with Crippen LogP contribution in [0.4, 0.5) is 0 Å². The zero-order valence-electron chi connectivity index (χ0n) is 22.6. The van der Waals surface area contributed by atoms with Gasteiger partial charge in [-0.15, -0.1) is 0 Å². The molecule has 200 valence electrons. The minimum Gasteiger partial charge on any atom is -0.493 e. The van der Waals surface area contributed by atoms with Gasteiger partial charge in [0.15, 0.2) is 11.5 Å². The maximum absolute atomic E-state index is 11.4. The molecule has 1 aliphatic heterocycles. The van der Waals surface area contributed by atoms with Crippen molar-refractivity contribution in [2.45, 2.75) is 46.4 Å². The number of rotatable bonds is 10. The summed E-state index contributed by atoms with van der Waals surface area (Å²) in [5, 5.41) is 15.7. The third-order valence-corrected chi connectivity index (χ3v) is 6.68. The van der Waals surface area contributed by atoms with Gasteiger partial charge in [0.1, 0.15) is 24.6 Å². The van der Waals surface area contributed by atoms with E-state index in [9.17, 15) is 5.11 Å². The zero-order valence-corrected chi connectivity index (χ0v) is 22.6. The van der Waals surface area contributed by atoms with Gasteiger partial charge in [0.2, 0.25) is 0 Å². The number of nitrogens with zero attached hydrogens (tertiary/aromatic N) is 3. The lowest BCUT2D eigenvalue weighted by Crippen LogP contribution is -2.48. The van der Waals surface area contributed by atoms with Crippen LogP contribution in [0.3, 0.4) is 0 Å². The van der Waals surface area contributed by atoms with Crippen LogP contribution < -0.4 is 14.2 Å². The number of β-amino-alcohol motifs (C(OH)–C–C–N with tert-alkyl or cyclic N) is 1. The number of ether oxygens (including phenoxy) is 4. The van der Waals surface area contributed by atoms with Crippen LogP contribution in [0.15, 0.2) is 42.7 Å². The molecule has 1 aliphatic rings. The Balaban J connectivity index is 1.39. The summed E-state index contributed by atoms with van der Waals surface area (Å²) in [6.45, 7) is 12.1. The van der Waals surface area contributed by atoms with Crippen molar-refractivity contribution in [3.05, 3.63) is 70.5 Å². The van der Waals surface area contributed by atoms with Crippen LogP contribution >= 0.6 is 0 Å². The second-order valence-electron chi connectivity index (χ2n) is 10.1. The SMILES string of the molecule is COc1ccc(CN2CCOC[C@@](O)(COc3cc(C)cc(C)c3C)C2)cc1OCCn1cc(C)cn1. The second-order valence-corrected chi connectivity index (χ2v) is 10.1. The molecule has 2 heterocycles. The van der Waals surface area contributed by atoms with Crippen LogP contribution in [-0.2, 0) is 17.8 Å². The van der Waals surface area contributed by atoms with Crippen molar-refractivity contribution in [3.8, 4) is 17.2 Å². The van der Waals surface area contributed by atoms with Gasteiger partial charge in [0, 0.05) is 25.8 Å². The lowest BCUT2D eigenvalue weighted by molar-refractivity contribution is -0.0648. The van der Waals surface area contributed by atoms with Crippen LogP contribution in [0, 0.1) is 27.7 Å². The van der Waals surface area contributed by atoms with Crippen molar-refractivity contribution in [3.63, 3.8) is 0 Å². The molecule has 1 N–H and O–H groups in total. The summed E-state index contributed by atoms with van der Waals surface area (Å²) in [4.78, 5) is 2.20. The first-order valence-corrected chi connectivity index (χ1v) is 12.8. The summed E-state index contributed by atoms with van der Waals surface area (Å²) >= 11 is 0. The van der Waals surface area contributed by atoms with Crippen LogP contribution in [-0.4, -0.2) is 72.0 Å². The second kappa shape index (κ2) is 12.0. The van der Waals surface area contributed by atoms with Gasteiger partial charge < -0.3 is 24.1 Å². The molecule has 2 aromatic carbocycles. The molecule has 1 atom stereocenters. The summed E-state index contributed by atoms with van der Waals surface area (Å²) in [6, 6.07) is 10.1. The van der Waals surface area contributed by atoms with E-state index in [1.54, 1.807) is 7.11 Å². The number of aryl methyl sites for hydroxylation is 3. The van der Waals surface area contributed by atoms with E-state index in [0.29, 0.717) is 50.9 Å². The first-order chi connectivity index (χ1) is 17.7. The highest BCUT2D eigenvalue weighted by Crippen LogP contribution is 2.29. The predicted octanol–water partition coefficient (Wildman–Crippen LogP) is 3.85. The predicted molar refractivity (Wildman–Crippen MR) is 143 cm³/mol. The fourth-order valence-corrected chi connectivity index (χ4v) is 4.61. The average molecular weight is 510 g/mol. The Hall–Kier alpha value is -3.07. The third kappa shape index (κ3) is 7.25. The van der Waals surface area contributed by atoms with E-state index in [0.717, 1.165) is 28.0 Å². The van der Waals surface area contributed by atoms with Crippen LogP contribution in [0.2, 0.25) is 0 Å². The Morgan fingerprint density at radius 3 is 2.62 bits per heavy atom. The molecule has 0 bridgehead atoms. The Morgan fingerprint density at radius 1 is 1.03 bits per heavy atom. The van der Waals surface area contributed by atoms with E-state index in [1.165, 1.54) is 5.56 Å². The van der Waals surface area contributed by atoms with Crippen molar-refractivity contribution in [1.82, 2.24) is 14.7 Å². The summed E-state index contributed by atoms with van der Waals surface area (Å²) in [5.74, 6) is 2.19. The van der Waals surface area contributed by atoms with E-state index < -0.39 is 5.60 Å². The molecule has 1 aromatic heterocycles. The molecule has 3 aromatic rings. The van der Waals surface area contributed by atoms with Crippen LogP contribution in [0.25, 0.3) is 0 Å². The highest BCUT2D eigenvalue weighted by atomic mass is 16.5. The molecule has 8 heteroatoms. The summed E-state index contributed by atoms with van der Waals surface area (Å²) in [7, 11) is 1.64. The normalized spacial score (nSPS) is 18.4. The number of hydrogen-bond acceptors (Lipinski definition) is 7. The van der Waals surface area contributed by atoms with Crippen molar-refractivity contribution < 1.29 is 24.1 Å². The molecule has 37 heavy (non-hydrogen) atoms. The van der Waals surface area contributed by atoms with Gasteiger partial charge in [-0.25, -0.2) is 0 Å². The molecule has 0 radical (unpaired) electrons. The van der Waals surface area contributed by atoms with Gasteiger partial charge in [-0.1, -0.05) is 12.1 Å². The van der Waals surface area contributed by atoms with Crippen LogP contribution in [0.5, 0.6) is 17.2 Å². The maximum atomic E-state index is 11.4. The van der Waals surface area contributed by atoms with Gasteiger partial charge in [-0.2, -0.15) is 5.10 Å². The quantitative estimate of drug-likeness (QED) is 0.445. The van der Waals surface area contributed by atoms with Crippen LogP contribution in [0.1, 0.15) is 27.8 Å². The Bertz CT molecular complexity index is 1190. The van der Waals surface area contributed by atoms with E-state index in [4.69, 9.17) is 18.9 Å². The molecule has 1 saturated heterocycles. The number of aliphatic hydroxyl groups is 1. The molecular weight excluding hydrogens is 470 g/mol. The number of aromatic nitrogens is 2. The molecule has 0 amide bonds. The van der Waals surface area contributed by atoms with E-state index in [2.05, 4.69) is 29.9 Å². The molecule has 1 fully saturated rings. The fraction of sp³-hybridized carbons (Fsp3) is 0.483. The first kappa shape index (κ1) is 27.0. The highest BCUT2D eigenvalue weighted by molar-refractivity contribution is 5.43. The zero-order chi connectivity index (χ0) is 26.4. The summed E-state index contributed by atoms with van der Waals surface area (Å²) in [5.41, 5.74) is 4.48. The number of hydrogen-bond donors (Lipinski definition) is 1.